The van der Waals surface area contributed by atoms with E-state index in [0.717, 1.165) is 22.8 Å². The Morgan fingerprint density at radius 2 is 2.00 bits per heavy atom. The molecule has 1 aliphatic heterocycles. The number of hydrogen-bond acceptors (Lipinski definition) is 4. The Morgan fingerprint density at radius 3 is 2.78 bits per heavy atom. The highest BCUT2D eigenvalue weighted by Gasteiger charge is 2.38. The van der Waals surface area contributed by atoms with E-state index < -0.39 is 19.1 Å². The first-order valence-electron chi connectivity index (χ1n) is 7.97. The minimum atomic E-state index is -1.51. The van der Waals surface area contributed by atoms with Gasteiger partial charge in [0.15, 0.2) is 0 Å². The summed E-state index contributed by atoms with van der Waals surface area (Å²) in [5.74, 6) is -0.755. The van der Waals surface area contributed by atoms with Crippen LogP contribution in [0.1, 0.15) is 18.4 Å². The molecule has 2 aromatic carbocycles. The van der Waals surface area contributed by atoms with Crippen LogP contribution in [0.15, 0.2) is 42.5 Å². The molecule has 6 heteroatoms. The highest BCUT2D eigenvalue weighted by Crippen LogP contribution is 2.22. The van der Waals surface area contributed by atoms with E-state index in [4.69, 9.17) is 5.73 Å². The average molecular weight is 312 g/mol. The second-order valence-corrected chi connectivity index (χ2v) is 6.10. The van der Waals surface area contributed by atoms with Gasteiger partial charge in [-0.25, -0.2) is 0 Å². The summed E-state index contributed by atoms with van der Waals surface area (Å²) in [6.07, 6.45) is 1.81. The maximum Gasteiger partial charge on any atom is 0.475 e. The smallest absolute Gasteiger partial charge is 0.426 e. The van der Waals surface area contributed by atoms with Crippen LogP contribution in [-0.4, -0.2) is 46.5 Å². The van der Waals surface area contributed by atoms with E-state index in [2.05, 4.69) is 0 Å². The van der Waals surface area contributed by atoms with Crippen molar-refractivity contribution >= 4 is 23.8 Å². The summed E-state index contributed by atoms with van der Waals surface area (Å²) in [7, 11) is -1.51. The molecule has 0 bridgehead atoms. The largest absolute Gasteiger partial charge is 0.475 e. The SMILES string of the molecule is N[C@@H](Cc1cccc2ccccc12)C(=O)N1CCC[C@H]1B(O)O. The summed E-state index contributed by atoms with van der Waals surface area (Å²) >= 11 is 0. The van der Waals surface area contributed by atoms with Crippen LogP contribution in [0.4, 0.5) is 0 Å². The lowest BCUT2D eigenvalue weighted by molar-refractivity contribution is -0.132. The Kier molecular flexibility index (Phi) is 4.66. The Bertz CT molecular complexity index is 702. The van der Waals surface area contributed by atoms with E-state index >= 15 is 0 Å². The van der Waals surface area contributed by atoms with Crippen LogP contribution in [0.5, 0.6) is 0 Å². The van der Waals surface area contributed by atoms with Gasteiger partial charge in [-0.15, -0.1) is 0 Å². The molecule has 0 unspecified atom stereocenters. The molecule has 23 heavy (non-hydrogen) atoms. The first kappa shape index (κ1) is 16.0. The van der Waals surface area contributed by atoms with Gasteiger partial charge in [0, 0.05) is 6.54 Å². The monoisotopic (exact) mass is 312 g/mol. The maximum atomic E-state index is 12.6. The molecule has 0 aliphatic carbocycles. The lowest BCUT2D eigenvalue weighted by Crippen LogP contribution is -2.51. The van der Waals surface area contributed by atoms with E-state index in [9.17, 15) is 14.8 Å². The first-order chi connectivity index (χ1) is 11.1. The molecule has 1 fully saturated rings. The fraction of sp³-hybridized carbons (Fsp3) is 0.353. The van der Waals surface area contributed by atoms with Crippen molar-refractivity contribution in [1.29, 1.82) is 0 Å². The molecule has 120 valence electrons. The van der Waals surface area contributed by atoms with Crippen LogP contribution in [-0.2, 0) is 11.2 Å². The third kappa shape index (κ3) is 3.24. The summed E-state index contributed by atoms with van der Waals surface area (Å²) < 4.78 is 0. The second kappa shape index (κ2) is 6.70. The van der Waals surface area contributed by atoms with Crippen molar-refractivity contribution in [2.45, 2.75) is 31.2 Å². The standard InChI is InChI=1S/C17H21BN2O3/c19-15(17(21)20-10-4-9-16(20)18(22)23)11-13-7-3-6-12-5-1-2-8-14(12)13/h1-3,5-8,15-16,22-23H,4,9-11,19H2/t15-,16-/m0/s1. The fourth-order valence-electron chi connectivity index (χ4n) is 3.38. The zero-order chi connectivity index (χ0) is 16.4. The number of rotatable bonds is 4. The van der Waals surface area contributed by atoms with E-state index in [1.54, 1.807) is 0 Å². The van der Waals surface area contributed by atoms with E-state index in [0.29, 0.717) is 19.4 Å². The molecule has 1 heterocycles. The lowest BCUT2D eigenvalue weighted by Gasteiger charge is -2.27. The highest BCUT2D eigenvalue weighted by atomic mass is 16.4. The molecule has 2 aromatic rings. The number of nitrogens with two attached hydrogens (primary N) is 1. The molecule has 0 aromatic heterocycles. The summed E-state index contributed by atoms with van der Waals surface area (Å²) in [4.78, 5) is 14.1. The summed E-state index contributed by atoms with van der Waals surface area (Å²) in [5.41, 5.74) is 7.16. The number of carbonyl (C=O) groups is 1. The molecule has 2 atom stereocenters. The molecule has 0 saturated carbocycles. The summed E-state index contributed by atoms with van der Waals surface area (Å²) in [5, 5.41) is 21.0. The molecule has 0 radical (unpaired) electrons. The molecule has 3 rings (SSSR count). The van der Waals surface area contributed by atoms with Gasteiger partial charge in [-0.05, 0) is 35.6 Å². The zero-order valence-corrected chi connectivity index (χ0v) is 12.9. The molecule has 5 nitrogen and oxygen atoms in total. The topological polar surface area (TPSA) is 86.8 Å². The number of carbonyl (C=O) groups excluding carboxylic acids is 1. The quantitative estimate of drug-likeness (QED) is 0.726. The number of amides is 1. The maximum absolute atomic E-state index is 12.6. The first-order valence-corrected chi connectivity index (χ1v) is 7.97. The van der Waals surface area contributed by atoms with Crippen molar-refractivity contribution in [3.63, 3.8) is 0 Å². The number of likely N-dealkylation sites (tertiary alicyclic amines) is 1. The van der Waals surface area contributed by atoms with Crippen molar-refractivity contribution in [2.75, 3.05) is 6.54 Å². The molecule has 0 spiro atoms. The number of fused-ring (bicyclic) bond motifs is 1. The highest BCUT2D eigenvalue weighted by molar-refractivity contribution is 6.43. The van der Waals surface area contributed by atoms with Gasteiger partial charge in [-0.2, -0.15) is 0 Å². The third-order valence-corrected chi connectivity index (χ3v) is 4.56. The second-order valence-electron chi connectivity index (χ2n) is 6.10. The molecule has 1 amide bonds. The Morgan fingerprint density at radius 1 is 1.26 bits per heavy atom. The van der Waals surface area contributed by atoms with Crippen LogP contribution in [0.2, 0.25) is 0 Å². The zero-order valence-electron chi connectivity index (χ0n) is 12.9. The fourth-order valence-corrected chi connectivity index (χ4v) is 3.38. The van der Waals surface area contributed by atoms with Gasteiger partial charge < -0.3 is 20.7 Å². The van der Waals surface area contributed by atoms with Crippen molar-refractivity contribution in [2.24, 2.45) is 5.73 Å². The van der Waals surface area contributed by atoms with Gasteiger partial charge in [-0.3, -0.25) is 4.79 Å². The number of benzene rings is 2. The number of nitrogens with zero attached hydrogens (tertiary/aromatic N) is 1. The average Bonchev–Trinajstić information content (AvgIpc) is 3.04. The van der Waals surface area contributed by atoms with Gasteiger partial charge >= 0.3 is 7.12 Å². The third-order valence-electron chi connectivity index (χ3n) is 4.56. The van der Waals surface area contributed by atoms with Gasteiger partial charge in [0.2, 0.25) is 5.91 Å². The lowest BCUT2D eigenvalue weighted by atomic mass is 9.77. The van der Waals surface area contributed by atoms with E-state index in [1.807, 2.05) is 42.5 Å². The summed E-state index contributed by atoms with van der Waals surface area (Å²) in [6, 6.07) is 13.3. The minimum Gasteiger partial charge on any atom is -0.426 e. The molecule has 4 N–H and O–H groups in total. The Labute approximate surface area is 135 Å². The molecule has 1 saturated heterocycles. The van der Waals surface area contributed by atoms with E-state index in [-0.39, 0.29) is 5.91 Å². The molecule has 1 aliphatic rings. The Balaban J connectivity index is 1.78. The van der Waals surface area contributed by atoms with Crippen molar-refractivity contribution in [3.8, 4) is 0 Å². The van der Waals surface area contributed by atoms with Crippen LogP contribution < -0.4 is 5.73 Å². The molecular weight excluding hydrogens is 291 g/mol. The summed E-state index contributed by atoms with van der Waals surface area (Å²) in [6.45, 7) is 0.532. The van der Waals surface area contributed by atoms with Crippen molar-refractivity contribution in [3.05, 3.63) is 48.0 Å². The van der Waals surface area contributed by atoms with Gasteiger partial charge in [0.05, 0.1) is 12.0 Å². The molecular formula is C17H21BN2O3. The van der Waals surface area contributed by atoms with Gasteiger partial charge in [-0.1, -0.05) is 42.5 Å². The Hall–Kier alpha value is -1.89. The number of hydrogen-bond donors (Lipinski definition) is 3. The van der Waals surface area contributed by atoms with Crippen LogP contribution >= 0.6 is 0 Å². The predicted octanol–water partition coefficient (Wildman–Crippen LogP) is 0.713. The van der Waals surface area contributed by atoms with Crippen LogP contribution in [0.3, 0.4) is 0 Å². The minimum absolute atomic E-state index is 0.214. The van der Waals surface area contributed by atoms with Crippen LogP contribution in [0, 0.1) is 0 Å². The van der Waals surface area contributed by atoms with Crippen molar-refractivity contribution in [1.82, 2.24) is 4.90 Å². The normalized spacial score (nSPS) is 19.1. The predicted molar refractivity (Wildman–Crippen MR) is 90.6 cm³/mol. The van der Waals surface area contributed by atoms with Gasteiger partial charge in [0.25, 0.3) is 0 Å². The van der Waals surface area contributed by atoms with Gasteiger partial charge in [0.1, 0.15) is 0 Å². The van der Waals surface area contributed by atoms with Crippen LogP contribution in [0.25, 0.3) is 10.8 Å². The van der Waals surface area contributed by atoms with Crippen molar-refractivity contribution < 1.29 is 14.8 Å². The van der Waals surface area contributed by atoms with E-state index in [1.165, 1.54) is 4.90 Å².